The van der Waals surface area contributed by atoms with Crippen molar-refractivity contribution in [2.45, 2.75) is 26.4 Å². The molecule has 7 nitrogen and oxygen atoms in total. The molecular weight excluding hydrogens is 361 g/mol. The number of nitrogens with zero attached hydrogens (tertiary/aromatic N) is 6. The molecule has 0 unspecified atom stereocenters. The quantitative estimate of drug-likeness (QED) is 0.754. The third-order valence-corrected chi connectivity index (χ3v) is 4.72. The first-order valence-electron chi connectivity index (χ1n) is 8.35. The van der Waals surface area contributed by atoms with Crippen LogP contribution in [0, 0.1) is 17.5 Å². The molecule has 1 amide bonds. The van der Waals surface area contributed by atoms with Crippen molar-refractivity contribution in [3.05, 3.63) is 46.8 Å². The third-order valence-electron chi connectivity index (χ3n) is 4.72. The van der Waals surface area contributed by atoms with Gasteiger partial charge in [0, 0.05) is 13.1 Å². The Bertz CT molecular complexity index is 1010. The molecule has 2 aliphatic rings. The number of hydrogen-bond acceptors (Lipinski definition) is 5. The molecule has 0 saturated heterocycles. The van der Waals surface area contributed by atoms with E-state index in [0.717, 1.165) is 12.1 Å². The zero-order valence-electron chi connectivity index (χ0n) is 14.6. The smallest absolute Gasteiger partial charge is 0.257 e. The molecule has 2 aliphatic heterocycles. The van der Waals surface area contributed by atoms with Gasteiger partial charge >= 0.3 is 0 Å². The van der Waals surface area contributed by atoms with Gasteiger partial charge in [0.05, 0.1) is 18.2 Å². The molecule has 4 rings (SSSR count). The average Bonchev–Trinajstić information content (AvgIpc) is 3.26. The monoisotopic (exact) mass is 376 g/mol. The maximum atomic E-state index is 14.0. The fourth-order valence-electron chi connectivity index (χ4n) is 3.30. The highest BCUT2D eigenvalue weighted by atomic mass is 19.2. The largest absolute Gasteiger partial charge is 0.327 e. The van der Waals surface area contributed by atoms with Crippen LogP contribution in [-0.2, 0) is 6.54 Å². The Balaban J connectivity index is 1.64. The number of carbonyl (C=O) groups excluding carboxylic acids is 1. The fraction of sp³-hybridized carbons (Fsp3) is 0.353. The molecule has 10 heteroatoms. The van der Waals surface area contributed by atoms with Crippen LogP contribution < -0.4 is 0 Å². The van der Waals surface area contributed by atoms with Gasteiger partial charge in [0.1, 0.15) is 11.5 Å². The fourth-order valence-corrected chi connectivity index (χ4v) is 3.30. The van der Waals surface area contributed by atoms with E-state index in [1.807, 2.05) is 4.57 Å². The summed E-state index contributed by atoms with van der Waals surface area (Å²) in [6, 6.07) is 1.16. The molecule has 0 saturated carbocycles. The summed E-state index contributed by atoms with van der Waals surface area (Å²) < 4.78 is 42.5. The Kier molecular flexibility index (Phi) is 4.05. The van der Waals surface area contributed by atoms with E-state index in [-0.39, 0.29) is 6.54 Å². The van der Waals surface area contributed by atoms with Gasteiger partial charge in [0.25, 0.3) is 5.91 Å². The number of hydrogen-bond donors (Lipinski definition) is 0. The Labute approximate surface area is 152 Å². The van der Waals surface area contributed by atoms with Gasteiger partial charge in [-0.25, -0.2) is 18.2 Å². The summed E-state index contributed by atoms with van der Waals surface area (Å²) in [4.78, 5) is 22.6. The van der Waals surface area contributed by atoms with Gasteiger partial charge in [-0.2, -0.15) is 0 Å². The van der Waals surface area contributed by atoms with Gasteiger partial charge < -0.3 is 9.47 Å². The standard InChI is InChI=1S/C17H15F3N6O/c1-8-15-23-24-16(12-7-21-9(2)22-12)26(15)6-5-25(8)17(27)10-3-4-11(18)14(20)13(10)19/h3-4,8H,5-7H2,1-2H3/t8-/m1/s1. The third kappa shape index (κ3) is 2.71. The topological polar surface area (TPSA) is 75.7 Å². The summed E-state index contributed by atoms with van der Waals surface area (Å²) >= 11 is 0. The second kappa shape index (κ2) is 6.29. The first-order chi connectivity index (χ1) is 12.9. The van der Waals surface area contributed by atoms with Crippen molar-refractivity contribution in [3.8, 4) is 0 Å². The summed E-state index contributed by atoms with van der Waals surface area (Å²) in [5.41, 5.74) is 0.183. The molecule has 0 bridgehead atoms. The number of amidine groups is 1. The molecule has 2 aromatic rings. The maximum absolute atomic E-state index is 14.0. The highest BCUT2D eigenvalue weighted by Crippen LogP contribution is 2.28. The first kappa shape index (κ1) is 17.4. The summed E-state index contributed by atoms with van der Waals surface area (Å²) in [6.07, 6.45) is 0. The lowest BCUT2D eigenvalue weighted by Gasteiger charge is -2.33. The molecule has 0 fully saturated rings. The zero-order chi connectivity index (χ0) is 19.3. The van der Waals surface area contributed by atoms with E-state index in [0.29, 0.717) is 36.3 Å². The molecule has 1 aromatic heterocycles. The lowest BCUT2D eigenvalue weighted by atomic mass is 10.1. The molecule has 0 radical (unpaired) electrons. The van der Waals surface area contributed by atoms with E-state index in [9.17, 15) is 18.0 Å². The average molecular weight is 376 g/mol. The number of carbonyl (C=O) groups is 1. The Morgan fingerprint density at radius 3 is 2.63 bits per heavy atom. The minimum atomic E-state index is -1.66. The normalized spacial score (nSPS) is 19.0. The van der Waals surface area contributed by atoms with Crippen LogP contribution in [0.1, 0.15) is 41.9 Å². The van der Waals surface area contributed by atoms with Gasteiger partial charge in [-0.05, 0) is 26.0 Å². The molecule has 1 atom stereocenters. The van der Waals surface area contributed by atoms with Crippen LogP contribution in [0.4, 0.5) is 13.2 Å². The molecule has 1 aromatic carbocycles. The van der Waals surface area contributed by atoms with Crippen LogP contribution in [0.3, 0.4) is 0 Å². The van der Waals surface area contributed by atoms with Crippen molar-refractivity contribution in [1.29, 1.82) is 0 Å². The lowest BCUT2D eigenvalue weighted by molar-refractivity contribution is 0.0631. The van der Waals surface area contributed by atoms with Crippen molar-refractivity contribution in [2.24, 2.45) is 9.98 Å². The molecule has 3 heterocycles. The number of fused-ring (bicyclic) bond motifs is 1. The Hall–Kier alpha value is -3.04. The highest BCUT2D eigenvalue weighted by molar-refractivity contribution is 6.10. The number of benzene rings is 1. The summed E-state index contributed by atoms with van der Waals surface area (Å²) in [7, 11) is 0. The molecule has 140 valence electrons. The van der Waals surface area contributed by atoms with Crippen molar-refractivity contribution in [2.75, 3.05) is 13.1 Å². The first-order valence-corrected chi connectivity index (χ1v) is 8.35. The van der Waals surface area contributed by atoms with E-state index in [1.54, 1.807) is 13.8 Å². The molecule has 0 spiro atoms. The van der Waals surface area contributed by atoms with Crippen LogP contribution in [0.15, 0.2) is 22.1 Å². The predicted octanol–water partition coefficient (Wildman–Crippen LogP) is 2.13. The van der Waals surface area contributed by atoms with E-state index >= 15 is 0 Å². The summed E-state index contributed by atoms with van der Waals surface area (Å²) in [5, 5.41) is 8.31. The van der Waals surface area contributed by atoms with Gasteiger partial charge in [0.2, 0.25) is 0 Å². The molecule has 0 N–H and O–H groups in total. The van der Waals surface area contributed by atoms with Crippen molar-refractivity contribution in [1.82, 2.24) is 19.7 Å². The number of amides is 1. The molecule has 27 heavy (non-hydrogen) atoms. The van der Waals surface area contributed by atoms with Crippen molar-refractivity contribution < 1.29 is 18.0 Å². The summed E-state index contributed by atoms with van der Waals surface area (Å²) in [5.74, 6) is -3.46. The molecular formula is C17H15F3N6O. The lowest BCUT2D eigenvalue weighted by Crippen LogP contribution is -2.42. The SMILES string of the molecule is CC1=NCC(c2nnc3n2CCN(C(=O)c2ccc(F)c(F)c2F)[C@@H]3C)=N1. The van der Waals surface area contributed by atoms with Gasteiger partial charge in [-0.1, -0.05) is 0 Å². The van der Waals surface area contributed by atoms with Crippen LogP contribution in [0.25, 0.3) is 0 Å². The molecule has 0 aliphatic carbocycles. The van der Waals surface area contributed by atoms with Crippen LogP contribution in [0.2, 0.25) is 0 Å². The van der Waals surface area contributed by atoms with E-state index in [4.69, 9.17) is 0 Å². The van der Waals surface area contributed by atoms with Gasteiger partial charge in [0.15, 0.2) is 29.1 Å². The van der Waals surface area contributed by atoms with Crippen molar-refractivity contribution >= 4 is 17.5 Å². The van der Waals surface area contributed by atoms with Gasteiger partial charge in [-0.3, -0.25) is 9.79 Å². The second-order valence-corrected chi connectivity index (χ2v) is 6.35. The second-order valence-electron chi connectivity index (χ2n) is 6.35. The number of halogens is 3. The van der Waals surface area contributed by atoms with Crippen LogP contribution in [0.5, 0.6) is 0 Å². The van der Waals surface area contributed by atoms with Crippen LogP contribution >= 0.6 is 0 Å². The Morgan fingerprint density at radius 2 is 1.93 bits per heavy atom. The van der Waals surface area contributed by atoms with Gasteiger partial charge in [-0.15, -0.1) is 10.2 Å². The highest BCUT2D eigenvalue weighted by Gasteiger charge is 2.34. The maximum Gasteiger partial charge on any atom is 0.257 e. The van der Waals surface area contributed by atoms with E-state index in [2.05, 4.69) is 20.2 Å². The Morgan fingerprint density at radius 1 is 1.15 bits per heavy atom. The predicted molar refractivity (Wildman–Crippen MR) is 90.3 cm³/mol. The minimum Gasteiger partial charge on any atom is -0.327 e. The summed E-state index contributed by atoms with van der Waals surface area (Å²) in [6.45, 7) is 4.54. The van der Waals surface area contributed by atoms with E-state index < -0.39 is 35.0 Å². The minimum absolute atomic E-state index is 0.240. The zero-order valence-corrected chi connectivity index (χ0v) is 14.6. The number of aromatic nitrogens is 3. The van der Waals surface area contributed by atoms with Crippen LogP contribution in [-0.4, -0.2) is 50.2 Å². The number of aliphatic imine (C=N–C) groups is 2. The van der Waals surface area contributed by atoms with E-state index in [1.165, 1.54) is 4.90 Å². The van der Waals surface area contributed by atoms with Crippen molar-refractivity contribution in [3.63, 3.8) is 0 Å². The number of rotatable bonds is 2.